The highest BCUT2D eigenvalue weighted by atomic mass is 14.9. The van der Waals surface area contributed by atoms with E-state index in [0.29, 0.717) is 5.92 Å². The molecule has 0 radical (unpaired) electrons. The zero-order chi connectivity index (χ0) is 15.9. The Morgan fingerprint density at radius 2 is 1.86 bits per heavy atom. The molecular formula is C20H28N2. The van der Waals surface area contributed by atoms with Gasteiger partial charge in [-0.15, -0.1) is 0 Å². The molecule has 0 aliphatic rings. The van der Waals surface area contributed by atoms with E-state index in [9.17, 15) is 0 Å². The SMILES string of the molecule is CCCNc1ccc(NC)cc1Cc1cccc(C(C)C)c1. The van der Waals surface area contributed by atoms with Crippen molar-refractivity contribution in [3.63, 3.8) is 0 Å². The van der Waals surface area contributed by atoms with Crippen LogP contribution in [0.25, 0.3) is 0 Å². The summed E-state index contributed by atoms with van der Waals surface area (Å²) in [5, 5.41) is 6.78. The maximum Gasteiger partial charge on any atom is 0.0377 e. The lowest BCUT2D eigenvalue weighted by molar-refractivity contribution is 0.863. The minimum Gasteiger partial charge on any atom is -0.388 e. The number of anilines is 2. The summed E-state index contributed by atoms with van der Waals surface area (Å²) in [5.74, 6) is 0.571. The van der Waals surface area contributed by atoms with Gasteiger partial charge in [0.25, 0.3) is 0 Å². The van der Waals surface area contributed by atoms with Crippen LogP contribution in [0.1, 0.15) is 49.8 Å². The fraction of sp³-hybridized carbons (Fsp3) is 0.400. The summed E-state index contributed by atoms with van der Waals surface area (Å²) in [4.78, 5) is 0. The van der Waals surface area contributed by atoms with Crippen LogP contribution in [0, 0.1) is 0 Å². The fourth-order valence-corrected chi connectivity index (χ4v) is 2.61. The summed E-state index contributed by atoms with van der Waals surface area (Å²) >= 11 is 0. The van der Waals surface area contributed by atoms with E-state index in [1.807, 2.05) is 7.05 Å². The van der Waals surface area contributed by atoms with Gasteiger partial charge in [0.15, 0.2) is 0 Å². The number of hydrogen-bond donors (Lipinski definition) is 2. The third-order valence-electron chi connectivity index (χ3n) is 3.97. The summed E-state index contributed by atoms with van der Waals surface area (Å²) in [5.41, 5.74) is 6.54. The van der Waals surface area contributed by atoms with Crippen LogP contribution in [0.3, 0.4) is 0 Å². The zero-order valence-corrected chi connectivity index (χ0v) is 14.2. The van der Waals surface area contributed by atoms with Crippen LogP contribution in [0.15, 0.2) is 42.5 Å². The molecule has 0 saturated heterocycles. The Labute approximate surface area is 135 Å². The van der Waals surface area contributed by atoms with Crippen LogP contribution in [0.4, 0.5) is 11.4 Å². The molecule has 22 heavy (non-hydrogen) atoms. The maximum absolute atomic E-state index is 3.54. The Bertz CT molecular complexity index is 602. The molecule has 2 nitrogen and oxygen atoms in total. The van der Waals surface area contributed by atoms with Gasteiger partial charge in [-0.25, -0.2) is 0 Å². The monoisotopic (exact) mass is 296 g/mol. The summed E-state index contributed by atoms with van der Waals surface area (Å²) in [6, 6.07) is 15.5. The Morgan fingerprint density at radius 1 is 1.05 bits per heavy atom. The lowest BCUT2D eigenvalue weighted by Gasteiger charge is -2.15. The minimum atomic E-state index is 0.571. The molecule has 2 heteroatoms. The van der Waals surface area contributed by atoms with Crippen molar-refractivity contribution in [2.24, 2.45) is 0 Å². The van der Waals surface area contributed by atoms with Gasteiger partial charge in [0.2, 0.25) is 0 Å². The number of hydrogen-bond acceptors (Lipinski definition) is 2. The maximum atomic E-state index is 3.54. The first-order valence-electron chi connectivity index (χ1n) is 8.27. The van der Waals surface area contributed by atoms with E-state index in [4.69, 9.17) is 0 Å². The standard InChI is InChI=1S/C20H28N2/c1-5-11-22-20-10-9-19(21-4)14-18(20)13-16-7-6-8-17(12-16)15(2)3/h6-10,12,14-15,21-22H,5,11,13H2,1-4H3. The molecular weight excluding hydrogens is 268 g/mol. The minimum absolute atomic E-state index is 0.571. The second kappa shape index (κ2) is 7.88. The van der Waals surface area contributed by atoms with Crippen molar-refractivity contribution >= 4 is 11.4 Å². The summed E-state index contributed by atoms with van der Waals surface area (Å²) in [7, 11) is 1.97. The van der Waals surface area contributed by atoms with Gasteiger partial charge in [0.1, 0.15) is 0 Å². The second-order valence-electron chi connectivity index (χ2n) is 6.13. The third kappa shape index (κ3) is 4.27. The van der Waals surface area contributed by atoms with E-state index < -0.39 is 0 Å². The zero-order valence-electron chi connectivity index (χ0n) is 14.2. The molecule has 0 atom stereocenters. The van der Waals surface area contributed by atoms with Gasteiger partial charge in [-0.2, -0.15) is 0 Å². The lowest BCUT2D eigenvalue weighted by atomic mass is 9.96. The van der Waals surface area contributed by atoms with Crippen molar-refractivity contribution in [3.8, 4) is 0 Å². The van der Waals surface area contributed by atoms with Crippen molar-refractivity contribution in [2.75, 3.05) is 24.2 Å². The molecule has 2 rings (SSSR count). The lowest BCUT2D eigenvalue weighted by Crippen LogP contribution is -2.04. The predicted molar refractivity (Wildman–Crippen MR) is 98.1 cm³/mol. The van der Waals surface area contributed by atoms with Gasteiger partial charge >= 0.3 is 0 Å². The van der Waals surface area contributed by atoms with Crippen LogP contribution in [0.5, 0.6) is 0 Å². The average molecular weight is 296 g/mol. The van der Waals surface area contributed by atoms with Crippen LogP contribution < -0.4 is 10.6 Å². The topological polar surface area (TPSA) is 24.1 Å². The molecule has 2 N–H and O–H groups in total. The quantitative estimate of drug-likeness (QED) is 0.728. The Morgan fingerprint density at radius 3 is 2.55 bits per heavy atom. The van der Waals surface area contributed by atoms with Gasteiger partial charge in [-0.3, -0.25) is 0 Å². The molecule has 0 aliphatic carbocycles. The molecule has 0 bridgehead atoms. The molecule has 0 unspecified atom stereocenters. The summed E-state index contributed by atoms with van der Waals surface area (Å²) in [6.07, 6.45) is 2.10. The van der Waals surface area contributed by atoms with E-state index in [1.54, 1.807) is 0 Å². The molecule has 118 valence electrons. The van der Waals surface area contributed by atoms with Gasteiger partial charge in [0, 0.05) is 25.0 Å². The second-order valence-corrected chi connectivity index (χ2v) is 6.13. The molecule has 2 aromatic carbocycles. The van der Waals surface area contributed by atoms with E-state index in [2.05, 4.69) is 73.9 Å². The highest BCUT2D eigenvalue weighted by Gasteiger charge is 2.06. The van der Waals surface area contributed by atoms with Crippen molar-refractivity contribution in [1.82, 2.24) is 0 Å². The van der Waals surface area contributed by atoms with Gasteiger partial charge in [0.05, 0.1) is 0 Å². The van der Waals surface area contributed by atoms with Crippen molar-refractivity contribution in [3.05, 3.63) is 59.2 Å². The van der Waals surface area contributed by atoms with Crippen LogP contribution in [-0.4, -0.2) is 13.6 Å². The number of nitrogens with one attached hydrogen (secondary N) is 2. The van der Waals surface area contributed by atoms with Crippen LogP contribution in [-0.2, 0) is 6.42 Å². The number of rotatable bonds is 7. The molecule has 0 amide bonds. The van der Waals surface area contributed by atoms with E-state index in [-0.39, 0.29) is 0 Å². The van der Waals surface area contributed by atoms with E-state index >= 15 is 0 Å². The van der Waals surface area contributed by atoms with Gasteiger partial charge < -0.3 is 10.6 Å². The molecule has 0 aliphatic heterocycles. The van der Waals surface area contributed by atoms with Gasteiger partial charge in [-0.1, -0.05) is 45.0 Å². The first-order chi connectivity index (χ1) is 10.6. The van der Waals surface area contributed by atoms with Crippen LogP contribution in [0.2, 0.25) is 0 Å². The first-order valence-corrected chi connectivity index (χ1v) is 8.27. The number of benzene rings is 2. The Balaban J connectivity index is 2.28. The predicted octanol–water partition coefficient (Wildman–Crippen LogP) is 5.26. The summed E-state index contributed by atoms with van der Waals surface area (Å²) in [6.45, 7) is 7.70. The van der Waals surface area contributed by atoms with Crippen molar-refractivity contribution in [1.29, 1.82) is 0 Å². The smallest absolute Gasteiger partial charge is 0.0377 e. The average Bonchev–Trinajstić information content (AvgIpc) is 2.53. The van der Waals surface area contributed by atoms with E-state index in [0.717, 1.165) is 25.1 Å². The normalized spacial score (nSPS) is 10.8. The molecule has 0 heterocycles. The highest BCUT2D eigenvalue weighted by Crippen LogP contribution is 2.25. The Kier molecular flexibility index (Phi) is 5.88. The third-order valence-corrected chi connectivity index (χ3v) is 3.97. The molecule has 0 aromatic heterocycles. The highest BCUT2D eigenvalue weighted by molar-refractivity contribution is 5.60. The molecule has 0 saturated carbocycles. The fourth-order valence-electron chi connectivity index (χ4n) is 2.61. The molecule has 0 fully saturated rings. The van der Waals surface area contributed by atoms with Gasteiger partial charge in [-0.05, 0) is 53.6 Å². The van der Waals surface area contributed by atoms with Crippen molar-refractivity contribution in [2.45, 2.75) is 39.5 Å². The first kappa shape index (κ1) is 16.4. The largest absolute Gasteiger partial charge is 0.388 e. The van der Waals surface area contributed by atoms with Crippen molar-refractivity contribution < 1.29 is 0 Å². The summed E-state index contributed by atoms with van der Waals surface area (Å²) < 4.78 is 0. The van der Waals surface area contributed by atoms with Crippen LogP contribution >= 0.6 is 0 Å². The molecule has 0 spiro atoms. The molecule has 2 aromatic rings. The Hall–Kier alpha value is -1.96. The van der Waals surface area contributed by atoms with E-state index in [1.165, 1.54) is 22.4 Å².